The molecule has 0 aromatic heterocycles. The minimum atomic E-state index is -0.927. The summed E-state index contributed by atoms with van der Waals surface area (Å²) in [4.78, 5) is 9.97. The number of fused-ring (bicyclic) bond motifs is 1. The monoisotopic (exact) mass is 258 g/mol. The first-order valence-corrected chi connectivity index (χ1v) is 4.86. The van der Waals surface area contributed by atoms with Gasteiger partial charge in [0.2, 0.25) is 6.79 Å². The molecular formula is C9H7BrO4. The van der Waals surface area contributed by atoms with E-state index >= 15 is 0 Å². The zero-order valence-corrected chi connectivity index (χ0v) is 8.65. The van der Waals surface area contributed by atoms with Crippen LogP contribution in [0.15, 0.2) is 18.2 Å². The molecule has 1 aliphatic heterocycles. The van der Waals surface area contributed by atoms with E-state index in [2.05, 4.69) is 15.9 Å². The van der Waals surface area contributed by atoms with Gasteiger partial charge in [-0.25, -0.2) is 0 Å². The molecule has 0 aliphatic carbocycles. The van der Waals surface area contributed by atoms with E-state index in [1.54, 1.807) is 18.2 Å². The van der Waals surface area contributed by atoms with Crippen LogP contribution in [0.3, 0.4) is 0 Å². The predicted molar refractivity (Wildman–Crippen MR) is 51.9 cm³/mol. The Kier molecular flexibility index (Phi) is 2.33. The van der Waals surface area contributed by atoms with Crippen LogP contribution in [0, 0.1) is 0 Å². The molecule has 4 nitrogen and oxygen atoms in total. The Morgan fingerprint density at radius 2 is 2.14 bits per heavy atom. The number of carbonyl (C=O) groups is 1. The molecule has 1 aliphatic rings. The molecule has 0 spiro atoms. The second kappa shape index (κ2) is 3.49. The summed E-state index contributed by atoms with van der Waals surface area (Å²) in [6, 6.07) is 5.06. The Bertz CT molecular complexity index is 377. The van der Waals surface area contributed by atoms with Gasteiger partial charge in [0.05, 0.1) is 0 Å². The van der Waals surface area contributed by atoms with Crippen LogP contribution >= 0.6 is 15.9 Å². The van der Waals surface area contributed by atoms with Crippen molar-refractivity contribution in [3.8, 4) is 11.5 Å². The quantitative estimate of drug-likeness (QED) is 0.824. The lowest BCUT2D eigenvalue weighted by Crippen LogP contribution is -2.03. The molecule has 2 rings (SSSR count). The van der Waals surface area contributed by atoms with Crippen molar-refractivity contribution < 1.29 is 19.4 Å². The molecule has 74 valence electrons. The van der Waals surface area contributed by atoms with E-state index in [1.807, 2.05) is 0 Å². The van der Waals surface area contributed by atoms with Gasteiger partial charge in [-0.2, -0.15) is 0 Å². The zero-order chi connectivity index (χ0) is 10.1. The largest absolute Gasteiger partial charge is 0.480 e. The fourth-order valence-corrected chi connectivity index (χ4v) is 1.50. The molecule has 5 heteroatoms. The number of carboxylic acid groups (broad SMARTS) is 1. The van der Waals surface area contributed by atoms with Gasteiger partial charge in [-0.3, -0.25) is 4.79 Å². The Hall–Kier alpha value is -1.23. The van der Waals surface area contributed by atoms with E-state index in [1.165, 1.54) is 0 Å². The maximum absolute atomic E-state index is 10.7. The van der Waals surface area contributed by atoms with E-state index in [0.717, 1.165) is 0 Å². The van der Waals surface area contributed by atoms with E-state index in [0.29, 0.717) is 17.1 Å². The smallest absolute Gasteiger partial charge is 0.321 e. The summed E-state index contributed by atoms with van der Waals surface area (Å²) in [5, 5.41) is 8.77. The van der Waals surface area contributed by atoms with Crippen LogP contribution in [0.5, 0.6) is 11.5 Å². The number of carboxylic acids is 1. The molecule has 0 saturated carbocycles. The lowest BCUT2D eigenvalue weighted by Gasteiger charge is -2.05. The number of ether oxygens (including phenoxy) is 2. The summed E-state index contributed by atoms with van der Waals surface area (Å²) >= 11 is 3.06. The molecule has 1 heterocycles. The Balaban J connectivity index is 2.33. The van der Waals surface area contributed by atoms with Crippen LogP contribution < -0.4 is 9.47 Å². The molecule has 1 aromatic carbocycles. The Morgan fingerprint density at radius 1 is 1.43 bits per heavy atom. The van der Waals surface area contributed by atoms with Gasteiger partial charge in [0, 0.05) is 0 Å². The Labute approximate surface area is 88.6 Å². The minimum absolute atomic E-state index is 0.193. The van der Waals surface area contributed by atoms with Crippen LogP contribution in [0.2, 0.25) is 0 Å². The van der Waals surface area contributed by atoms with Gasteiger partial charge in [0.1, 0.15) is 4.83 Å². The summed E-state index contributed by atoms with van der Waals surface area (Å²) < 4.78 is 10.2. The van der Waals surface area contributed by atoms with Crippen LogP contribution in [0.1, 0.15) is 10.4 Å². The third-order valence-electron chi connectivity index (χ3n) is 1.91. The second-order valence-corrected chi connectivity index (χ2v) is 3.73. The number of hydrogen-bond acceptors (Lipinski definition) is 3. The van der Waals surface area contributed by atoms with Gasteiger partial charge in [-0.1, -0.05) is 22.0 Å². The molecule has 1 atom stereocenters. The van der Waals surface area contributed by atoms with E-state index in [4.69, 9.17) is 14.6 Å². The van der Waals surface area contributed by atoms with Crippen LogP contribution in [0.4, 0.5) is 0 Å². The first kappa shape index (κ1) is 9.33. The number of halogens is 1. The summed E-state index contributed by atoms with van der Waals surface area (Å²) in [7, 11) is 0. The summed E-state index contributed by atoms with van der Waals surface area (Å²) in [6.07, 6.45) is 0. The number of hydrogen-bond donors (Lipinski definition) is 1. The standard InChI is InChI=1S/C9H7BrO4/c10-8(9(11)12)5-1-2-6-7(3-5)14-4-13-6/h1-3,8H,4H2,(H,11,12). The molecule has 1 aromatic rings. The third kappa shape index (κ3) is 1.55. The van der Waals surface area contributed by atoms with Gasteiger partial charge in [-0.05, 0) is 17.7 Å². The molecule has 14 heavy (non-hydrogen) atoms. The number of aliphatic carboxylic acids is 1. The minimum Gasteiger partial charge on any atom is -0.480 e. The summed E-state index contributed by atoms with van der Waals surface area (Å²) in [5.41, 5.74) is 0.641. The lowest BCUT2D eigenvalue weighted by molar-refractivity contribution is -0.136. The first-order valence-electron chi connectivity index (χ1n) is 3.95. The SMILES string of the molecule is O=C(O)C(Br)c1ccc2c(c1)OCO2. The van der Waals surface area contributed by atoms with Gasteiger partial charge in [0.15, 0.2) is 11.5 Å². The maximum atomic E-state index is 10.7. The third-order valence-corrected chi connectivity index (χ3v) is 2.83. The topological polar surface area (TPSA) is 55.8 Å². The van der Waals surface area contributed by atoms with E-state index in [-0.39, 0.29) is 6.79 Å². The van der Waals surface area contributed by atoms with Gasteiger partial charge >= 0.3 is 5.97 Å². The average molecular weight is 259 g/mol. The molecule has 0 bridgehead atoms. The molecular weight excluding hydrogens is 252 g/mol. The number of benzene rings is 1. The molecule has 0 amide bonds. The fraction of sp³-hybridized carbons (Fsp3) is 0.222. The number of alkyl halides is 1. The summed E-state index contributed by atoms with van der Waals surface area (Å²) in [6.45, 7) is 0.193. The van der Waals surface area contributed by atoms with Crippen molar-refractivity contribution in [2.75, 3.05) is 6.79 Å². The van der Waals surface area contributed by atoms with Crippen molar-refractivity contribution in [1.29, 1.82) is 0 Å². The normalized spacial score (nSPS) is 15.2. The fourth-order valence-electron chi connectivity index (χ4n) is 1.21. The highest BCUT2D eigenvalue weighted by atomic mass is 79.9. The average Bonchev–Trinajstić information content (AvgIpc) is 2.62. The Morgan fingerprint density at radius 3 is 2.86 bits per heavy atom. The van der Waals surface area contributed by atoms with Crippen molar-refractivity contribution in [2.24, 2.45) is 0 Å². The molecule has 1 N–H and O–H groups in total. The van der Waals surface area contributed by atoms with Crippen molar-refractivity contribution >= 4 is 21.9 Å². The van der Waals surface area contributed by atoms with Crippen molar-refractivity contribution in [3.63, 3.8) is 0 Å². The van der Waals surface area contributed by atoms with Crippen LogP contribution in [-0.2, 0) is 4.79 Å². The highest BCUT2D eigenvalue weighted by Gasteiger charge is 2.20. The van der Waals surface area contributed by atoms with Crippen LogP contribution in [0.25, 0.3) is 0 Å². The van der Waals surface area contributed by atoms with Crippen molar-refractivity contribution in [3.05, 3.63) is 23.8 Å². The molecule has 0 fully saturated rings. The zero-order valence-electron chi connectivity index (χ0n) is 7.07. The molecule has 0 radical (unpaired) electrons. The lowest BCUT2D eigenvalue weighted by atomic mass is 10.1. The van der Waals surface area contributed by atoms with E-state index in [9.17, 15) is 4.79 Å². The van der Waals surface area contributed by atoms with Crippen molar-refractivity contribution in [2.45, 2.75) is 4.83 Å². The second-order valence-electron chi connectivity index (χ2n) is 2.81. The van der Waals surface area contributed by atoms with Crippen molar-refractivity contribution in [1.82, 2.24) is 0 Å². The highest BCUT2D eigenvalue weighted by Crippen LogP contribution is 2.36. The first-order chi connectivity index (χ1) is 6.68. The highest BCUT2D eigenvalue weighted by molar-refractivity contribution is 9.09. The predicted octanol–water partition coefficient (Wildman–Crippen LogP) is 1.94. The van der Waals surface area contributed by atoms with Gasteiger partial charge in [0.25, 0.3) is 0 Å². The van der Waals surface area contributed by atoms with Crippen LogP contribution in [-0.4, -0.2) is 17.9 Å². The molecule has 0 saturated heterocycles. The molecule has 1 unspecified atom stereocenters. The maximum Gasteiger partial charge on any atom is 0.321 e. The van der Waals surface area contributed by atoms with Gasteiger partial charge in [-0.15, -0.1) is 0 Å². The summed E-state index contributed by atoms with van der Waals surface area (Å²) in [5.74, 6) is 0.316. The van der Waals surface area contributed by atoms with E-state index < -0.39 is 10.8 Å². The number of rotatable bonds is 2. The van der Waals surface area contributed by atoms with Gasteiger partial charge < -0.3 is 14.6 Å².